The van der Waals surface area contributed by atoms with Crippen LogP contribution in [-0.2, 0) is 36.8 Å². The van der Waals surface area contributed by atoms with Gasteiger partial charge in [-0.2, -0.15) is 0 Å². The number of hydrogen-bond donors (Lipinski definition) is 4. The second-order valence-corrected chi connectivity index (χ2v) is 8.77. The van der Waals surface area contributed by atoms with Crippen LogP contribution >= 0.6 is 0 Å². The van der Waals surface area contributed by atoms with E-state index in [0.717, 1.165) is 5.56 Å². The standard InChI is InChI=1S/C28H27N3O6/c1-17(29-23(33)14-18-8-4-2-5-9-18)27(35)31-25-21-16-20(32)12-13-22(21)30-28(36)26(25)37-24(34)15-19-10-6-3-7-11-19/h2-13,16-17,25-26,32H,14-15H2,1H3,(H,29,33)(H,30,36)(H,31,35)/t17-,25-,26+/m0/s1. The van der Waals surface area contributed by atoms with Gasteiger partial charge in [0.2, 0.25) is 17.9 Å². The molecule has 4 N–H and O–H groups in total. The van der Waals surface area contributed by atoms with Crippen LogP contribution in [0.4, 0.5) is 5.69 Å². The molecule has 0 saturated heterocycles. The summed E-state index contributed by atoms with van der Waals surface area (Å²) in [6, 6.07) is 20.2. The van der Waals surface area contributed by atoms with Crippen molar-refractivity contribution in [2.45, 2.75) is 38.0 Å². The highest BCUT2D eigenvalue weighted by Crippen LogP contribution is 2.35. The van der Waals surface area contributed by atoms with Gasteiger partial charge in [-0.1, -0.05) is 60.7 Å². The Morgan fingerprint density at radius 3 is 2.22 bits per heavy atom. The molecule has 0 fully saturated rings. The SMILES string of the molecule is C[C@H](NC(=O)Cc1ccccc1)C(=O)N[C@H]1c2cc(O)ccc2NC(=O)[C@@H]1OC(=O)Cc1ccccc1. The van der Waals surface area contributed by atoms with E-state index in [0.29, 0.717) is 16.8 Å². The number of benzene rings is 3. The van der Waals surface area contributed by atoms with Crippen LogP contribution < -0.4 is 16.0 Å². The molecule has 9 nitrogen and oxygen atoms in total. The van der Waals surface area contributed by atoms with Crippen LogP contribution in [0.15, 0.2) is 78.9 Å². The number of rotatable bonds is 8. The molecule has 9 heteroatoms. The van der Waals surface area contributed by atoms with Crippen LogP contribution in [0.5, 0.6) is 5.75 Å². The summed E-state index contributed by atoms with van der Waals surface area (Å²) in [6.07, 6.45) is -1.35. The number of esters is 1. The van der Waals surface area contributed by atoms with Gasteiger partial charge in [0.1, 0.15) is 17.8 Å². The zero-order chi connectivity index (χ0) is 26.4. The second-order valence-electron chi connectivity index (χ2n) is 8.77. The van der Waals surface area contributed by atoms with E-state index in [1.807, 2.05) is 36.4 Å². The number of amides is 3. The van der Waals surface area contributed by atoms with Gasteiger partial charge in [-0.3, -0.25) is 19.2 Å². The van der Waals surface area contributed by atoms with E-state index in [9.17, 15) is 24.3 Å². The minimum atomic E-state index is -1.39. The molecule has 3 amide bonds. The molecule has 3 aromatic carbocycles. The molecule has 37 heavy (non-hydrogen) atoms. The summed E-state index contributed by atoms with van der Waals surface area (Å²) in [5.41, 5.74) is 2.24. The van der Waals surface area contributed by atoms with Gasteiger partial charge in [0, 0.05) is 11.3 Å². The van der Waals surface area contributed by atoms with Crippen LogP contribution in [0.2, 0.25) is 0 Å². The smallest absolute Gasteiger partial charge is 0.311 e. The molecule has 4 rings (SSSR count). The number of carbonyl (C=O) groups excluding carboxylic acids is 4. The molecule has 1 heterocycles. The summed E-state index contributed by atoms with van der Waals surface area (Å²) in [5, 5.41) is 18.1. The van der Waals surface area contributed by atoms with Crippen molar-refractivity contribution in [1.29, 1.82) is 0 Å². The van der Waals surface area contributed by atoms with Gasteiger partial charge in [-0.05, 0) is 36.2 Å². The van der Waals surface area contributed by atoms with Crippen molar-refractivity contribution in [2.24, 2.45) is 0 Å². The summed E-state index contributed by atoms with van der Waals surface area (Å²) in [5.74, 6) is -2.30. The molecule has 0 radical (unpaired) electrons. The molecule has 0 saturated carbocycles. The molecule has 0 aromatic heterocycles. The van der Waals surface area contributed by atoms with Gasteiger partial charge >= 0.3 is 5.97 Å². The Kier molecular flexibility index (Phi) is 7.83. The van der Waals surface area contributed by atoms with E-state index in [1.54, 1.807) is 24.3 Å². The first-order valence-corrected chi connectivity index (χ1v) is 11.8. The minimum Gasteiger partial charge on any atom is -0.508 e. The normalized spacial score (nSPS) is 17.1. The van der Waals surface area contributed by atoms with E-state index in [2.05, 4.69) is 16.0 Å². The largest absolute Gasteiger partial charge is 0.508 e. The zero-order valence-corrected chi connectivity index (χ0v) is 20.1. The number of nitrogens with one attached hydrogen (secondary N) is 3. The van der Waals surface area contributed by atoms with Gasteiger partial charge in [0.05, 0.1) is 12.8 Å². The maximum atomic E-state index is 13.1. The van der Waals surface area contributed by atoms with Crippen molar-refractivity contribution in [2.75, 3.05) is 5.32 Å². The average Bonchev–Trinajstić information content (AvgIpc) is 2.87. The number of hydrogen-bond acceptors (Lipinski definition) is 6. The van der Waals surface area contributed by atoms with Crippen LogP contribution in [0.25, 0.3) is 0 Å². The van der Waals surface area contributed by atoms with Crippen LogP contribution in [0.1, 0.15) is 29.7 Å². The molecule has 0 aliphatic carbocycles. The molecular formula is C28H27N3O6. The third-order valence-electron chi connectivity index (χ3n) is 5.91. The van der Waals surface area contributed by atoms with E-state index in [1.165, 1.54) is 25.1 Å². The van der Waals surface area contributed by atoms with Gasteiger partial charge in [0.25, 0.3) is 5.91 Å². The first-order chi connectivity index (χ1) is 17.8. The van der Waals surface area contributed by atoms with Crippen molar-refractivity contribution >= 4 is 29.4 Å². The third kappa shape index (κ3) is 6.52. The Balaban J connectivity index is 1.49. The van der Waals surface area contributed by atoms with E-state index < -0.39 is 36.0 Å². The molecule has 0 spiro atoms. The lowest BCUT2D eigenvalue weighted by Gasteiger charge is -2.33. The Bertz CT molecular complexity index is 1300. The highest BCUT2D eigenvalue weighted by molar-refractivity contribution is 6.00. The maximum absolute atomic E-state index is 13.1. The van der Waals surface area contributed by atoms with E-state index >= 15 is 0 Å². The Morgan fingerprint density at radius 1 is 0.946 bits per heavy atom. The predicted octanol–water partition coefficient (Wildman–Crippen LogP) is 2.40. The van der Waals surface area contributed by atoms with Crippen LogP contribution in [0.3, 0.4) is 0 Å². The third-order valence-corrected chi connectivity index (χ3v) is 5.91. The van der Waals surface area contributed by atoms with Crippen molar-refractivity contribution < 1.29 is 29.0 Å². The summed E-state index contributed by atoms with van der Waals surface area (Å²) in [4.78, 5) is 51.1. The van der Waals surface area contributed by atoms with Gasteiger partial charge < -0.3 is 25.8 Å². The first-order valence-electron chi connectivity index (χ1n) is 11.8. The maximum Gasteiger partial charge on any atom is 0.311 e. The monoisotopic (exact) mass is 501 g/mol. The fourth-order valence-electron chi connectivity index (χ4n) is 4.08. The molecule has 0 bridgehead atoms. The lowest BCUT2D eigenvalue weighted by Crippen LogP contribution is -2.52. The number of phenols is 1. The molecule has 1 aliphatic rings. The number of anilines is 1. The number of phenolic OH excluding ortho intramolecular Hbond substituents is 1. The van der Waals surface area contributed by atoms with Crippen molar-refractivity contribution in [3.8, 4) is 5.75 Å². The first kappa shape index (κ1) is 25.4. The minimum absolute atomic E-state index is 0.0653. The molecule has 3 atom stereocenters. The quantitative estimate of drug-likeness (QED) is 0.277. The van der Waals surface area contributed by atoms with E-state index in [-0.39, 0.29) is 24.5 Å². The molecule has 190 valence electrons. The molecule has 1 aliphatic heterocycles. The van der Waals surface area contributed by atoms with Crippen LogP contribution in [-0.4, -0.2) is 40.9 Å². The summed E-state index contributed by atoms with van der Waals surface area (Å²) in [7, 11) is 0. The Hall–Kier alpha value is -4.66. The van der Waals surface area contributed by atoms with Crippen molar-refractivity contribution in [3.63, 3.8) is 0 Å². The van der Waals surface area contributed by atoms with Crippen molar-refractivity contribution in [1.82, 2.24) is 10.6 Å². The van der Waals surface area contributed by atoms with Gasteiger partial charge in [0.15, 0.2) is 0 Å². The fraction of sp³-hybridized carbons (Fsp3) is 0.214. The second kappa shape index (κ2) is 11.4. The lowest BCUT2D eigenvalue weighted by atomic mass is 9.94. The number of carbonyl (C=O) groups is 4. The molecule has 3 aromatic rings. The lowest BCUT2D eigenvalue weighted by molar-refractivity contribution is -0.156. The summed E-state index contributed by atoms with van der Waals surface area (Å²) < 4.78 is 5.52. The number of ether oxygens (including phenoxy) is 1. The Labute approximate surface area is 213 Å². The summed E-state index contributed by atoms with van der Waals surface area (Å²) in [6.45, 7) is 1.51. The Morgan fingerprint density at radius 2 is 1.57 bits per heavy atom. The number of aromatic hydroxyl groups is 1. The fourth-order valence-corrected chi connectivity index (χ4v) is 4.08. The molecule has 0 unspecified atom stereocenters. The van der Waals surface area contributed by atoms with Crippen LogP contribution in [0, 0.1) is 0 Å². The van der Waals surface area contributed by atoms with Gasteiger partial charge in [-0.15, -0.1) is 0 Å². The van der Waals surface area contributed by atoms with Gasteiger partial charge in [-0.25, -0.2) is 0 Å². The average molecular weight is 502 g/mol. The topological polar surface area (TPSA) is 134 Å². The number of fused-ring (bicyclic) bond motifs is 1. The van der Waals surface area contributed by atoms with E-state index in [4.69, 9.17) is 4.74 Å². The highest BCUT2D eigenvalue weighted by atomic mass is 16.5. The zero-order valence-electron chi connectivity index (χ0n) is 20.1. The highest BCUT2D eigenvalue weighted by Gasteiger charge is 2.40. The predicted molar refractivity (Wildman–Crippen MR) is 135 cm³/mol. The molecular weight excluding hydrogens is 474 g/mol. The van der Waals surface area contributed by atoms with Crippen molar-refractivity contribution in [3.05, 3.63) is 95.6 Å². The summed E-state index contributed by atoms with van der Waals surface area (Å²) >= 11 is 0.